The van der Waals surface area contributed by atoms with Gasteiger partial charge in [0.2, 0.25) is 0 Å². The lowest BCUT2D eigenvalue weighted by Gasteiger charge is -2.21. The van der Waals surface area contributed by atoms with Crippen molar-refractivity contribution in [3.05, 3.63) is 33.1 Å². The van der Waals surface area contributed by atoms with E-state index in [0.29, 0.717) is 0 Å². The van der Waals surface area contributed by atoms with Crippen molar-refractivity contribution >= 4 is 22.6 Å². The van der Waals surface area contributed by atoms with Crippen LogP contribution in [-0.2, 0) is 0 Å². The van der Waals surface area contributed by atoms with Crippen molar-refractivity contribution in [2.24, 2.45) is 5.92 Å². The zero-order chi connectivity index (χ0) is 11.4. The van der Waals surface area contributed by atoms with Crippen LogP contribution in [0.5, 0.6) is 0 Å². The van der Waals surface area contributed by atoms with E-state index in [1.165, 1.54) is 12.1 Å². The van der Waals surface area contributed by atoms with Gasteiger partial charge in [0.25, 0.3) is 0 Å². The van der Waals surface area contributed by atoms with E-state index in [0.717, 1.165) is 22.0 Å². The molecule has 0 saturated heterocycles. The summed E-state index contributed by atoms with van der Waals surface area (Å²) in [6.07, 6.45) is 1.39. The minimum Gasteiger partial charge on any atom is -0.388 e. The summed E-state index contributed by atoms with van der Waals surface area (Å²) >= 11 is 2.07. The molecule has 1 N–H and O–H groups in total. The van der Waals surface area contributed by atoms with Gasteiger partial charge in [-0.25, -0.2) is 4.39 Å². The monoisotopic (exact) mass is 322 g/mol. The molecule has 0 amide bonds. The first-order valence-electron chi connectivity index (χ1n) is 5.23. The number of rotatable bonds is 4. The fourth-order valence-electron chi connectivity index (χ4n) is 1.73. The van der Waals surface area contributed by atoms with E-state index in [1.54, 1.807) is 6.07 Å². The topological polar surface area (TPSA) is 20.2 Å². The van der Waals surface area contributed by atoms with E-state index in [1.807, 2.05) is 0 Å². The molecule has 3 heteroatoms. The molecule has 0 aromatic heterocycles. The molecule has 0 heterocycles. The number of aliphatic hydroxyl groups is 1. The van der Waals surface area contributed by atoms with Crippen LogP contribution in [0.25, 0.3) is 0 Å². The van der Waals surface area contributed by atoms with E-state index in [-0.39, 0.29) is 11.7 Å². The number of aliphatic hydroxyl groups excluding tert-OH is 1. The number of hydrogen-bond acceptors (Lipinski definition) is 1. The van der Waals surface area contributed by atoms with E-state index >= 15 is 0 Å². The quantitative estimate of drug-likeness (QED) is 0.834. The van der Waals surface area contributed by atoms with Crippen LogP contribution in [0.3, 0.4) is 0 Å². The Balaban J connectivity index is 2.94. The summed E-state index contributed by atoms with van der Waals surface area (Å²) in [7, 11) is 0. The van der Waals surface area contributed by atoms with Crippen LogP contribution in [0.4, 0.5) is 4.39 Å². The molecular weight excluding hydrogens is 306 g/mol. The Morgan fingerprint density at radius 3 is 2.40 bits per heavy atom. The number of benzene rings is 1. The highest BCUT2D eigenvalue weighted by atomic mass is 127. The first kappa shape index (κ1) is 12.9. The minimum atomic E-state index is -0.479. The van der Waals surface area contributed by atoms with Gasteiger partial charge in [-0.05, 0) is 46.2 Å². The van der Waals surface area contributed by atoms with Crippen LogP contribution in [0.2, 0.25) is 0 Å². The Kier molecular flexibility index (Phi) is 4.99. The first-order valence-corrected chi connectivity index (χ1v) is 6.31. The lowest BCUT2D eigenvalue weighted by Crippen LogP contribution is -2.12. The fourth-order valence-corrected chi connectivity index (χ4v) is 2.53. The highest BCUT2D eigenvalue weighted by Gasteiger charge is 2.19. The predicted molar refractivity (Wildman–Crippen MR) is 68.1 cm³/mol. The third-order valence-electron chi connectivity index (χ3n) is 2.78. The maximum atomic E-state index is 12.9. The van der Waals surface area contributed by atoms with Gasteiger partial charge in [-0.15, -0.1) is 0 Å². The number of hydrogen-bond donors (Lipinski definition) is 1. The fraction of sp³-hybridized carbons (Fsp3) is 0.500. The van der Waals surface area contributed by atoms with Crippen LogP contribution in [0, 0.1) is 15.3 Å². The summed E-state index contributed by atoms with van der Waals surface area (Å²) in [5.41, 5.74) is 0.839. The summed E-state index contributed by atoms with van der Waals surface area (Å²) in [4.78, 5) is 0. The zero-order valence-corrected chi connectivity index (χ0v) is 11.2. The molecule has 0 aliphatic heterocycles. The second-order valence-corrected chi connectivity index (χ2v) is 4.85. The zero-order valence-electron chi connectivity index (χ0n) is 9.00. The standard InChI is InChI=1S/C12H16FIO/c1-3-8(4-2)12(15)10-6-5-9(13)7-11(10)14/h5-8,12,15H,3-4H2,1-2H3. The molecule has 0 aliphatic rings. The summed E-state index contributed by atoms with van der Waals surface area (Å²) in [6, 6.07) is 4.55. The van der Waals surface area contributed by atoms with Gasteiger partial charge in [-0.3, -0.25) is 0 Å². The molecule has 1 nitrogen and oxygen atoms in total. The van der Waals surface area contributed by atoms with Crippen molar-refractivity contribution in [2.45, 2.75) is 32.8 Å². The van der Waals surface area contributed by atoms with Gasteiger partial charge in [-0.2, -0.15) is 0 Å². The molecule has 1 unspecified atom stereocenters. The number of halogens is 2. The Morgan fingerprint density at radius 2 is 1.93 bits per heavy atom. The van der Waals surface area contributed by atoms with E-state index in [2.05, 4.69) is 36.4 Å². The minimum absolute atomic E-state index is 0.250. The molecule has 0 saturated carbocycles. The molecule has 1 aromatic rings. The van der Waals surface area contributed by atoms with Crippen LogP contribution in [-0.4, -0.2) is 5.11 Å². The summed E-state index contributed by atoms with van der Waals surface area (Å²) in [6.45, 7) is 4.13. The van der Waals surface area contributed by atoms with Crippen molar-refractivity contribution in [3.8, 4) is 0 Å². The Bertz CT molecular complexity index is 323. The maximum absolute atomic E-state index is 12.9. The van der Waals surface area contributed by atoms with E-state index in [9.17, 15) is 9.50 Å². The average Bonchev–Trinajstić information content (AvgIpc) is 2.19. The average molecular weight is 322 g/mol. The van der Waals surface area contributed by atoms with Gasteiger partial charge in [0.05, 0.1) is 6.10 Å². The Hall–Kier alpha value is -0.160. The normalized spacial score (nSPS) is 13.2. The highest BCUT2D eigenvalue weighted by molar-refractivity contribution is 14.1. The van der Waals surface area contributed by atoms with E-state index in [4.69, 9.17) is 0 Å². The van der Waals surface area contributed by atoms with Crippen LogP contribution < -0.4 is 0 Å². The van der Waals surface area contributed by atoms with Crippen molar-refractivity contribution in [1.82, 2.24) is 0 Å². The maximum Gasteiger partial charge on any atom is 0.124 e. The molecule has 84 valence electrons. The molecule has 0 aliphatic carbocycles. The summed E-state index contributed by atoms with van der Waals surface area (Å²) in [5, 5.41) is 10.1. The second kappa shape index (κ2) is 5.80. The largest absolute Gasteiger partial charge is 0.388 e. The van der Waals surface area contributed by atoms with Crippen molar-refractivity contribution in [2.75, 3.05) is 0 Å². The third kappa shape index (κ3) is 3.14. The molecule has 0 spiro atoms. The second-order valence-electron chi connectivity index (χ2n) is 3.69. The highest BCUT2D eigenvalue weighted by Crippen LogP contribution is 2.30. The molecule has 15 heavy (non-hydrogen) atoms. The SMILES string of the molecule is CCC(CC)C(O)c1ccc(F)cc1I. The molecule has 1 aromatic carbocycles. The molecule has 0 radical (unpaired) electrons. The van der Waals surface area contributed by atoms with Gasteiger partial charge >= 0.3 is 0 Å². The molecule has 1 rings (SSSR count). The Morgan fingerprint density at radius 1 is 1.33 bits per heavy atom. The molecule has 0 fully saturated rings. The van der Waals surface area contributed by atoms with Gasteiger partial charge in [-0.1, -0.05) is 32.8 Å². The molecule has 1 atom stereocenters. The van der Waals surface area contributed by atoms with Crippen LogP contribution in [0.15, 0.2) is 18.2 Å². The van der Waals surface area contributed by atoms with E-state index < -0.39 is 6.10 Å². The predicted octanol–water partition coefficient (Wildman–Crippen LogP) is 3.90. The van der Waals surface area contributed by atoms with Gasteiger partial charge in [0.1, 0.15) is 5.82 Å². The first-order chi connectivity index (χ1) is 7.10. The Labute approximate surface area is 104 Å². The lowest BCUT2D eigenvalue weighted by molar-refractivity contribution is 0.102. The van der Waals surface area contributed by atoms with Gasteiger partial charge < -0.3 is 5.11 Å². The molecule has 0 bridgehead atoms. The van der Waals surface area contributed by atoms with Crippen molar-refractivity contribution in [1.29, 1.82) is 0 Å². The van der Waals surface area contributed by atoms with Crippen LogP contribution >= 0.6 is 22.6 Å². The summed E-state index contributed by atoms with van der Waals surface area (Å²) < 4.78 is 13.7. The summed E-state index contributed by atoms with van der Waals surface area (Å²) in [5.74, 6) is 0.00359. The lowest BCUT2D eigenvalue weighted by atomic mass is 9.91. The molecular formula is C12H16FIO. The van der Waals surface area contributed by atoms with Crippen molar-refractivity contribution in [3.63, 3.8) is 0 Å². The van der Waals surface area contributed by atoms with Gasteiger partial charge in [0.15, 0.2) is 0 Å². The van der Waals surface area contributed by atoms with Crippen LogP contribution in [0.1, 0.15) is 38.4 Å². The third-order valence-corrected chi connectivity index (χ3v) is 3.71. The van der Waals surface area contributed by atoms with Crippen molar-refractivity contribution < 1.29 is 9.50 Å². The van der Waals surface area contributed by atoms with Gasteiger partial charge in [0, 0.05) is 3.57 Å². The smallest absolute Gasteiger partial charge is 0.124 e.